The smallest absolute Gasteiger partial charge is 0.310 e. The summed E-state index contributed by atoms with van der Waals surface area (Å²) >= 11 is 0. The molecule has 3 heterocycles. The SMILES string of the molecule is Nc1nc2cnc(F)nc2n1[C@H]1C[C@@H](O)[C@H](CO)O1. The summed E-state index contributed by atoms with van der Waals surface area (Å²) in [4.78, 5) is 11.0. The summed E-state index contributed by atoms with van der Waals surface area (Å²) in [6.07, 6.45) is -1.63. The Balaban J connectivity index is 2.05. The molecule has 2 aromatic rings. The highest BCUT2D eigenvalue weighted by Crippen LogP contribution is 2.32. The molecule has 0 aromatic carbocycles. The molecule has 2 aromatic heterocycles. The van der Waals surface area contributed by atoms with E-state index in [1.54, 1.807) is 0 Å². The third-order valence-corrected chi connectivity index (χ3v) is 3.10. The van der Waals surface area contributed by atoms with Crippen LogP contribution in [0.2, 0.25) is 0 Å². The van der Waals surface area contributed by atoms with Gasteiger partial charge < -0.3 is 20.7 Å². The van der Waals surface area contributed by atoms with E-state index in [9.17, 15) is 9.50 Å². The Hall–Kier alpha value is -1.84. The van der Waals surface area contributed by atoms with E-state index < -0.39 is 24.5 Å². The Bertz CT molecular complexity index is 618. The van der Waals surface area contributed by atoms with Crippen LogP contribution in [-0.4, -0.2) is 48.5 Å². The second-order valence-electron chi connectivity index (χ2n) is 4.30. The zero-order chi connectivity index (χ0) is 13.6. The molecule has 19 heavy (non-hydrogen) atoms. The van der Waals surface area contributed by atoms with Crippen molar-refractivity contribution in [1.29, 1.82) is 0 Å². The van der Waals surface area contributed by atoms with Crippen molar-refractivity contribution in [2.24, 2.45) is 0 Å². The second-order valence-corrected chi connectivity index (χ2v) is 4.30. The minimum absolute atomic E-state index is 0.0886. The lowest BCUT2D eigenvalue weighted by atomic mass is 10.2. The topological polar surface area (TPSA) is 119 Å². The molecule has 3 atom stereocenters. The van der Waals surface area contributed by atoms with Crippen LogP contribution in [0.4, 0.5) is 10.3 Å². The molecule has 1 fully saturated rings. The summed E-state index contributed by atoms with van der Waals surface area (Å²) in [5.74, 6) is 0.0886. The van der Waals surface area contributed by atoms with Gasteiger partial charge in [0, 0.05) is 6.42 Å². The molecule has 102 valence electrons. The van der Waals surface area contributed by atoms with Gasteiger partial charge in [-0.25, -0.2) is 9.97 Å². The number of aromatic nitrogens is 4. The van der Waals surface area contributed by atoms with Crippen molar-refractivity contribution in [2.45, 2.75) is 24.9 Å². The van der Waals surface area contributed by atoms with Crippen LogP contribution in [0, 0.1) is 6.08 Å². The van der Waals surface area contributed by atoms with Crippen molar-refractivity contribution >= 4 is 17.1 Å². The number of imidazole rings is 1. The van der Waals surface area contributed by atoms with Gasteiger partial charge in [0.15, 0.2) is 5.65 Å². The van der Waals surface area contributed by atoms with Gasteiger partial charge in [0.05, 0.1) is 18.9 Å². The quantitative estimate of drug-likeness (QED) is 0.610. The van der Waals surface area contributed by atoms with Crippen LogP contribution in [0.3, 0.4) is 0 Å². The van der Waals surface area contributed by atoms with Crippen molar-refractivity contribution in [1.82, 2.24) is 19.5 Å². The molecule has 0 unspecified atom stereocenters. The van der Waals surface area contributed by atoms with E-state index in [1.165, 1.54) is 10.8 Å². The predicted octanol–water partition coefficient (Wildman–Crippen LogP) is -0.812. The number of nitrogens with two attached hydrogens (primary N) is 1. The monoisotopic (exact) mass is 269 g/mol. The van der Waals surface area contributed by atoms with Crippen molar-refractivity contribution in [2.75, 3.05) is 12.3 Å². The number of anilines is 1. The number of nitrogen functional groups attached to an aromatic ring is 1. The highest BCUT2D eigenvalue weighted by Gasteiger charge is 2.36. The number of fused-ring (bicyclic) bond motifs is 1. The maximum absolute atomic E-state index is 13.1. The van der Waals surface area contributed by atoms with Crippen molar-refractivity contribution < 1.29 is 19.3 Å². The van der Waals surface area contributed by atoms with Gasteiger partial charge in [-0.1, -0.05) is 0 Å². The fourth-order valence-electron chi connectivity index (χ4n) is 2.21. The van der Waals surface area contributed by atoms with E-state index in [-0.39, 0.29) is 24.6 Å². The maximum Gasteiger partial charge on any atom is 0.310 e. The third kappa shape index (κ3) is 1.91. The van der Waals surface area contributed by atoms with Crippen molar-refractivity contribution in [3.8, 4) is 0 Å². The summed E-state index contributed by atoms with van der Waals surface area (Å²) in [5, 5.41) is 18.8. The number of nitrogens with zero attached hydrogens (tertiary/aromatic N) is 4. The van der Waals surface area contributed by atoms with Gasteiger partial charge in [-0.15, -0.1) is 0 Å². The molecule has 0 radical (unpaired) electrons. The highest BCUT2D eigenvalue weighted by atomic mass is 19.1. The first-order valence-corrected chi connectivity index (χ1v) is 5.70. The minimum atomic E-state index is -0.897. The molecule has 1 aliphatic heterocycles. The first-order chi connectivity index (χ1) is 9.10. The van der Waals surface area contributed by atoms with Crippen LogP contribution >= 0.6 is 0 Å². The number of aliphatic hydroxyl groups excluding tert-OH is 2. The van der Waals surface area contributed by atoms with Crippen LogP contribution in [0.5, 0.6) is 0 Å². The number of rotatable bonds is 2. The van der Waals surface area contributed by atoms with Crippen LogP contribution in [0.15, 0.2) is 6.20 Å². The van der Waals surface area contributed by atoms with Gasteiger partial charge in [0.1, 0.15) is 17.8 Å². The summed E-state index contributed by atoms with van der Waals surface area (Å²) in [7, 11) is 0. The molecule has 0 bridgehead atoms. The van der Waals surface area contributed by atoms with Crippen LogP contribution < -0.4 is 5.73 Å². The normalized spacial score (nSPS) is 27.2. The average Bonchev–Trinajstić information content (AvgIpc) is 2.88. The van der Waals surface area contributed by atoms with E-state index in [4.69, 9.17) is 15.6 Å². The largest absolute Gasteiger partial charge is 0.394 e. The number of ether oxygens (including phenoxy) is 1. The molecule has 3 rings (SSSR count). The zero-order valence-corrected chi connectivity index (χ0v) is 9.77. The fraction of sp³-hybridized carbons (Fsp3) is 0.500. The average molecular weight is 269 g/mol. The summed E-state index contributed by atoms with van der Waals surface area (Å²) in [5.41, 5.74) is 6.29. The standard InChI is InChI=1S/C10H12FN5O3/c11-9-13-2-4-8(15-9)16(10(12)14-4)7-1-5(18)6(3-17)19-7/h2,5-7,17-18H,1,3H2,(H2,12,14)/t5-,6+,7-/m1/s1. The Kier molecular flexibility index (Phi) is 2.81. The first-order valence-electron chi connectivity index (χ1n) is 5.70. The van der Waals surface area contributed by atoms with Gasteiger partial charge in [-0.2, -0.15) is 9.37 Å². The van der Waals surface area contributed by atoms with Crippen molar-refractivity contribution in [3.05, 3.63) is 12.3 Å². The maximum atomic E-state index is 13.1. The van der Waals surface area contributed by atoms with Gasteiger partial charge >= 0.3 is 6.08 Å². The van der Waals surface area contributed by atoms with E-state index in [2.05, 4.69) is 15.0 Å². The Morgan fingerprint density at radius 3 is 3.00 bits per heavy atom. The molecule has 0 amide bonds. The first kappa shape index (κ1) is 12.2. The number of halogens is 1. The second kappa shape index (κ2) is 4.37. The van der Waals surface area contributed by atoms with E-state index in [0.717, 1.165) is 0 Å². The molecule has 0 spiro atoms. The van der Waals surface area contributed by atoms with Gasteiger partial charge in [0.2, 0.25) is 5.95 Å². The molecule has 8 nitrogen and oxygen atoms in total. The number of hydrogen-bond donors (Lipinski definition) is 3. The molecule has 4 N–H and O–H groups in total. The highest BCUT2D eigenvalue weighted by molar-refractivity contribution is 5.72. The van der Waals surface area contributed by atoms with E-state index in [0.29, 0.717) is 5.52 Å². The third-order valence-electron chi connectivity index (χ3n) is 3.10. The summed E-state index contributed by atoms with van der Waals surface area (Å²) in [6, 6.07) is 0. The number of hydrogen-bond acceptors (Lipinski definition) is 7. The molecular weight excluding hydrogens is 257 g/mol. The van der Waals surface area contributed by atoms with Crippen molar-refractivity contribution in [3.63, 3.8) is 0 Å². The lowest BCUT2D eigenvalue weighted by Gasteiger charge is -2.14. The molecule has 1 aliphatic rings. The molecule has 0 saturated carbocycles. The molecule has 1 saturated heterocycles. The van der Waals surface area contributed by atoms with Crippen LogP contribution in [0.1, 0.15) is 12.6 Å². The van der Waals surface area contributed by atoms with Crippen LogP contribution in [0.25, 0.3) is 11.2 Å². The molecular formula is C10H12FN5O3. The molecule has 0 aliphatic carbocycles. The van der Waals surface area contributed by atoms with E-state index >= 15 is 0 Å². The Labute approximate surface area is 106 Å². The fourth-order valence-corrected chi connectivity index (χ4v) is 2.21. The van der Waals surface area contributed by atoms with Gasteiger partial charge in [-0.3, -0.25) is 4.57 Å². The number of aliphatic hydroxyl groups is 2. The lowest BCUT2D eigenvalue weighted by molar-refractivity contribution is -0.0425. The summed E-state index contributed by atoms with van der Waals surface area (Å²) < 4.78 is 19.9. The zero-order valence-electron chi connectivity index (χ0n) is 9.77. The lowest BCUT2D eigenvalue weighted by Crippen LogP contribution is -2.24. The molecule has 9 heteroatoms. The van der Waals surface area contributed by atoms with Gasteiger partial charge in [-0.05, 0) is 0 Å². The van der Waals surface area contributed by atoms with E-state index in [1.807, 2.05) is 0 Å². The Morgan fingerprint density at radius 1 is 1.53 bits per heavy atom. The predicted molar refractivity (Wildman–Crippen MR) is 61.3 cm³/mol. The minimum Gasteiger partial charge on any atom is -0.394 e. The van der Waals surface area contributed by atoms with Gasteiger partial charge in [0.25, 0.3) is 0 Å². The van der Waals surface area contributed by atoms with Crippen LogP contribution in [-0.2, 0) is 4.74 Å². The summed E-state index contributed by atoms with van der Waals surface area (Å²) in [6.45, 7) is -0.312. The Morgan fingerprint density at radius 2 is 2.32 bits per heavy atom.